The highest BCUT2D eigenvalue weighted by molar-refractivity contribution is 7.77. The van der Waals surface area contributed by atoms with Gasteiger partial charge in [-0.05, 0) is 40.8 Å². The molecular formula is C21H27N3O2S. The first-order chi connectivity index (χ1) is 12.8. The summed E-state index contributed by atoms with van der Waals surface area (Å²) in [5, 5.41) is 1.18. The van der Waals surface area contributed by atoms with Crippen molar-refractivity contribution in [3.8, 4) is 11.1 Å². The molecule has 1 unspecified atom stereocenters. The van der Waals surface area contributed by atoms with E-state index >= 15 is 0 Å². The molecule has 1 aromatic carbocycles. The maximum absolute atomic E-state index is 11.1. The van der Waals surface area contributed by atoms with E-state index in [0.717, 1.165) is 17.7 Å². The minimum Gasteiger partial charge on any atom is -0.347 e. The Bertz CT molecular complexity index is 949. The third kappa shape index (κ3) is 4.46. The minimum absolute atomic E-state index is 0.281. The summed E-state index contributed by atoms with van der Waals surface area (Å²) in [6.45, 7) is 9.95. The second-order valence-electron chi connectivity index (χ2n) is 8.01. The molecule has 2 heterocycles. The van der Waals surface area contributed by atoms with E-state index in [0.29, 0.717) is 12.5 Å². The van der Waals surface area contributed by atoms with Crippen LogP contribution in [0.25, 0.3) is 22.0 Å². The van der Waals surface area contributed by atoms with Gasteiger partial charge in [0.2, 0.25) is 11.3 Å². The van der Waals surface area contributed by atoms with Gasteiger partial charge in [0.05, 0.1) is 0 Å². The van der Waals surface area contributed by atoms with Gasteiger partial charge >= 0.3 is 0 Å². The molecule has 0 aliphatic heterocycles. The Hall–Kier alpha value is -2.02. The molecule has 0 aliphatic carbocycles. The van der Waals surface area contributed by atoms with Gasteiger partial charge in [-0.2, -0.15) is 0 Å². The summed E-state index contributed by atoms with van der Waals surface area (Å²) in [5.41, 5.74) is 4.38. The van der Waals surface area contributed by atoms with E-state index in [4.69, 9.17) is 4.55 Å². The van der Waals surface area contributed by atoms with Crippen molar-refractivity contribution in [2.45, 2.75) is 39.7 Å². The fourth-order valence-corrected chi connectivity index (χ4v) is 3.92. The van der Waals surface area contributed by atoms with Crippen molar-refractivity contribution in [2.75, 3.05) is 6.54 Å². The fraction of sp³-hybridized carbons (Fsp3) is 0.381. The highest BCUT2D eigenvalue weighted by atomic mass is 32.2. The minimum atomic E-state index is -2.01. The number of hydrogen-bond donors (Lipinski definition) is 2. The zero-order chi connectivity index (χ0) is 19.6. The van der Waals surface area contributed by atoms with E-state index in [-0.39, 0.29) is 5.41 Å². The van der Waals surface area contributed by atoms with E-state index in [1.54, 1.807) is 0 Å². The van der Waals surface area contributed by atoms with Crippen molar-refractivity contribution in [3.05, 3.63) is 54.5 Å². The molecular weight excluding hydrogens is 358 g/mol. The molecule has 144 valence electrons. The van der Waals surface area contributed by atoms with Crippen LogP contribution in [0.3, 0.4) is 0 Å². The van der Waals surface area contributed by atoms with Crippen molar-refractivity contribution < 1.29 is 8.76 Å². The SMILES string of the molecule is CC(C)Cn1cc(C(C)(C)CNS(=O)O)c2ccc(-c3ccncc3)cc21. The molecule has 0 radical (unpaired) electrons. The summed E-state index contributed by atoms with van der Waals surface area (Å²) in [7, 11) is 0. The van der Waals surface area contributed by atoms with Crippen LogP contribution >= 0.6 is 0 Å². The molecule has 0 spiro atoms. The lowest BCUT2D eigenvalue weighted by molar-refractivity contribution is 0.488. The van der Waals surface area contributed by atoms with Crippen molar-refractivity contribution in [2.24, 2.45) is 5.92 Å². The number of nitrogens with zero attached hydrogens (tertiary/aromatic N) is 2. The number of rotatable bonds is 7. The van der Waals surface area contributed by atoms with Gasteiger partial charge in [-0.1, -0.05) is 39.8 Å². The predicted octanol–water partition coefficient (Wildman–Crippen LogP) is 4.36. The Morgan fingerprint density at radius 2 is 1.89 bits per heavy atom. The number of hydrogen-bond acceptors (Lipinski definition) is 2. The monoisotopic (exact) mass is 385 g/mol. The highest BCUT2D eigenvalue weighted by Crippen LogP contribution is 2.34. The fourth-order valence-electron chi connectivity index (χ4n) is 3.44. The maximum Gasteiger partial charge on any atom is 0.231 e. The lowest BCUT2D eigenvalue weighted by atomic mass is 9.84. The Kier molecular flexibility index (Phi) is 5.79. The molecule has 27 heavy (non-hydrogen) atoms. The van der Waals surface area contributed by atoms with Crippen LogP contribution in [0.2, 0.25) is 0 Å². The highest BCUT2D eigenvalue weighted by Gasteiger charge is 2.26. The second-order valence-corrected chi connectivity index (χ2v) is 8.80. The molecule has 6 heteroatoms. The Morgan fingerprint density at radius 3 is 2.52 bits per heavy atom. The first-order valence-corrected chi connectivity index (χ1v) is 10.3. The largest absolute Gasteiger partial charge is 0.347 e. The number of fused-ring (bicyclic) bond motifs is 1. The van der Waals surface area contributed by atoms with Gasteiger partial charge in [0.25, 0.3) is 0 Å². The summed E-state index contributed by atoms with van der Waals surface area (Å²) in [6, 6.07) is 10.6. The molecule has 0 saturated heterocycles. The number of benzene rings is 1. The normalized spacial score (nSPS) is 13.4. The van der Waals surface area contributed by atoms with Crippen molar-refractivity contribution in [3.63, 3.8) is 0 Å². The zero-order valence-corrected chi connectivity index (χ0v) is 17.1. The molecule has 0 fully saturated rings. The van der Waals surface area contributed by atoms with Crippen LogP contribution in [0.4, 0.5) is 0 Å². The van der Waals surface area contributed by atoms with Crippen LogP contribution in [0, 0.1) is 5.92 Å². The molecule has 3 rings (SSSR count). The van der Waals surface area contributed by atoms with Crippen LogP contribution in [-0.2, 0) is 23.2 Å². The van der Waals surface area contributed by atoms with E-state index in [9.17, 15) is 4.21 Å². The van der Waals surface area contributed by atoms with Crippen LogP contribution < -0.4 is 4.72 Å². The molecule has 2 aromatic heterocycles. The third-order valence-corrected chi connectivity index (χ3v) is 5.22. The third-order valence-electron chi connectivity index (χ3n) is 4.82. The summed E-state index contributed by atoms with van der Waals surface area (Å²) in [5.74, 6) is 0.518. The number of aromatic nitrogens is 2. The molecule has 0 aliphatic rings. The van der Waals surface area contributed by atoms with E-state index in [2.05, 4.69) is 66.4 Å². The van der Waals surface area contributed by atoms with E-state index < -0.39 is 11.3 Å². The van der Waals surface area contributed by atoms with Crippen molar-refractivity contribution in [1.82, 2.24) is 14.3 Å². The Morgan fingerprint density at radius 1 is 1.19 bits per heavy atom. The molecule has 1 atom stereocenters. The standard InChI is InChI=1S/C21H27N3O2S/c1-15(2)12-24-13-19(21(3,4)14-23-27(25)26)18-6-5-17(11-20(18)24)16-7-9-22-10-8-16/h5-11,13,15,23H,12,14H2,1-4H3,(H,25,26). The quantitative estimate of drug-likeness (QED) is 0.594. The van der Waals surface area contributed by atoms with Crippen LogP contribution in [0.15, 0.2) is 48.9 Å². The van der Waals surface area contributed by atoms with Gasteiger partial charge in [-0.15, -0.1) is 0 Å². The van der Waals surface area contributed by atoms with E-state index in [1.165, 1.54) is 16.5 Å². The predicted molar refractivity (Wildman–Crippen MR) is 112 cm³/mol. The average molecular weight is 386 g/mol. The lowest BCUT2D eigenvalue weighted by Crippen LogP contribution is -2.33. The van der Waals surface area contributed by atoms with Gasteiger partial charge in [0.1, 0.15) is 0 Å². The Labute approximate surface area is 163 Å². The molecule has 5 nitrogen and oxygen atoms in total. The van der Waals surface area contributed by atoms with Crippen LogP contribution in [0.5, 0.6) is 0 Å². The van der Waals surface area contributed by atoms with Gasteiger partial charge in [0.15, 0.2) is 0 Å². The lowest BCUT2D eigenvalue weighted by Gasteiger charge is -2.24. The topological polar surface area (TPSA) is 67.2 Å². The van der Waals surface area contributed by atoms with Crippen LogP contribution in [0.1, 0.15) is 33.3 Å². The zero-order valence-electron chi connectivity index (χ0n) is 16.3. The van der Waals surface area contributed by atoms with Gasteiger partial charge in [0, 0.05) is 48.0 Å². The smallest absolute Gasteiger partial charge is 0.231 e. The second kappa shape index (κ2) is 7.92. The molecule has 0 bridgehead atoms. The molecule has 0 amide bonds. The molecule has 0 saturated carbocycles. The van der Waals surface area contributed by atoms with Gasteiger partial charge in [-0.25, -0.2) is 8.93 Å². The number of nitrogens with one attached hydrogen (secondary N) is 1. The Balaban J connectivity index is 2.11. The number of pyridine rings is 1. The van der Waals surface area contributed by atoms with Gasteiger partial charge < -0.3 is 4.57 Å². The summed E-state index contributed by atoms with van der Waals surface area (Å²) in [6.07, 6.45) is 5.81. The molecule has 3 aromatic rings. The first kappa shape index (κ1) is 19.7. The van der Waals surface area contributed by atoms with E-state index in [1.807, 2.05) is 24.5 Å². The van der Waals surface area contributed by atoms with Crippen molar-refractivity contribution >= 4 is 22.2 Å². The van der Waals surface area contributed by atoms with Crippen molar-refractivity contribution in [1.29, 1.82) is 0 Å². The van der Waals surface area contributed by atoms with Crippen LogP contribution in [-0.4, -0.2) is 24.9 Å². The average Bonchev–Trinajstić information content (AvgIpc) is 2.99. The maximum atomic E-state index is 11.1. The first-order valence-electron chi connectivity index (χ1n) is 9.16. The summed E-state index contributed by atoms with van der Waals surface area (Å²) < 4.78 is 25.1. The van der Waals surface area contributed by atoms with Gasteiger partial charge in [-0.3, -0.25) is 9.54 Å². The summed E-state index contributed by atoms with van der Waals surface area (Å²) >= 11 is -2.01. The molecule has 2 N–H and O–H groups in total. The summed E-state index contributed by atoms with van der Waals surface area (Å²) in [4.78, 5) is 4.10.